The zero-order chi connectivity index (χ0) is 9.84. The van der Waals surface area contributed by atoms with Crippen LogP contribution in [0, 0.1) is 23.1 Å². The summed E-state index contributed by atoms with van der Waals surface area (Å²) in [5.41, 5.74) is 0.519. The van der Waals surface area contributed by atoms with Crippen molar-refractivity contribution in [3.05, 3.63) is 41.1 Å². The summed E-state index contributed by atoms with van der Waals surface area (Å²) in [7, 11) is 0. The van der Waals surface area contributed by atoms with Gasteiger partial charge in [0, 0.05) is 5.92 Å². The molecule has 13 heavy (non-hydrogen) atoms. The topological polar surface area (TPSA) is 23.8 Å². The molecule has 0 fully saturated rings. The van der Waals surface area contributed by atoms with E-state index in [0.29, 0.717) is 11.5 Å². The van der Waals surface area contributed by atoms with Gasteiger partial charge in [-0.25, -0.2) is 4.39 Å². The zero-order valence-electron chi connectivity index (χ0n) is 7.14. The van der Waals surface area contributed by atoms with Crippen LogP contribution in [0.15, 0.2) is 18.2 Å². The summed E-state index contributed by atoms with van der Waals surface area (Å²) in [4.78, 5) is 0. The lowest BCUT2D eigenvalue weighted by Gasteiger charge is -2.07. The van der Waals surface area contributed by atoms with Crippen molar-refractivity contribution in [1.29, 1.82) is 5.26 Å². The molecule has 0 N–H and O–H groups in total. The van der Waals surface area contributed by atoms with Gasteiger partial charge < -0.3 is 0 Å². The van der Waals surface area contributed by atoms with Gasteiger partial charge in [-0.05, 0) is 23.8 Å². The smallest absolute Gasteiger partial charge is 0.127 e. The minimum atomic E-state index is -0.703. The van der Waals surface area contributed by atoms with Crippen LogP contribution in [0.25, 0.3) is 0 Å². The molecule has 1 aromatic carbocycles. The Balaban J connectivity index is 3.12. The number of halogens is 2. The molecule has 1 aromatic rings. The number of rotatable bonds is 2. The van der Waals surface area contributed by atoms with Crippen molar-refractivity contribution in [1.82, 2.24) is 0 Å². The van der Waals surface area contributed by atoms with Gasteiger partial charge in [0.25, 0.3) is 0 Å². The number of hydrogen-bond acceptors (Lipinski definition) is 1. The molecule has 0 aliphatic heterocycles. The first kappa shape index (κ1) is 9.66. The lowest BCUT2D eigenvalue weighted by Crippen LogP contribution is -2.00. The second kappa shape index (κ2) is 3.99. The third-order valence-electron chi connectivity index (χ3n) is 1.76. The third kappa shape index (κ3) is 2.03. The average molecular weight is 180 g/mol. The van der Waals surface area contributed by atoms with Crippen molar-refractivity contribution >= 4 is 0 Å². The number of nitrogens with zero attached hydrogens (tertiary/aromatic N) is 1. The van der Waals surface area contributed by atoms with Crippen molar-refractivity contribution < 1.29 is 8.78 Å². The van der Waals surface area contributed by atoms with Crippen molar-refractivity contribution in [3.63, 3.8) is 0 Å². The molecule has 0 aromatic heterocycles. The second-order valence-electron chi connectivity index (χ2n) is 2.72. The average Bonchev–Trinajstić information content (AvgIpc) is 2.17. The quantitative estimate of drug-likeness (QED) is 0.686. The van der Waals surface area contributed by atoms with Gasteiger partial charge in [0.05, 0.1) is 18.3 Å². The van der Waals surface area contributed by atoms with Crippen molar-refractivity contribution in [3.8, 4) is 6.07 Å². The lowest BCUT2D eigenvalue weighted by atomic mass is 10.00. The molecule has 0 saturated carbocycles. The summed E-state index contributed by atoms with van der Waals surface area (Å²) in [5, 5.41) is 8.53. The highest BCUT2D eigenvalue weighted by molar-refractivity contribution is 5.39. The van der Waals surface area contributed by atoms with Gasteiger partial charge in [-0.3, -0.25) is 4.39 Å². The SMILES string of the molecule is C[C](CF)c1cc(C#N)ccc1F. The van der Waals surface area contributed by atoms with Crippen LogP contribution in [0.2, 0.25) is 0 Å². The Hall–Kier alpha value is -1.43. The third-order valence-corrected chi connectivity index (χ3v) is 1.76. The minimum absolute atomic E-state index is 0.182. The van der Waals surface area contributed by atoms with Crippen molar-refractivity contribution in [2.24, 2.45) is 0 Å². The van der Waals surface area contributed by atoms with Crippen molar-refractivity contribution in [2.75, 3.05) is 6.67 Å². The van der Waals surface area contributed by atoms with Gasteiger partial charge in [0.2, 0.25) is 0 Å². The molecular weight excluding hydrogens is 172 g/mol. The molecule has 1 rings (SSSR count). The Labute approximate surface area is 75.6 Å². The van der Waals surface area contributed by atoms with Crippen LogP contribution in [0.3, 0.4) is 0 Å². The Bertz CT molecular complexity index is 341. The molecule has 67 valence electrons. The summed E-state index contributed by atoms with van der Waals surface area (Å²) >= 11 is 0. The van der Waals surface area contributed by atoms with E-state index in [2.05, 4.69) is 0 Å². The normalized spacial score (nSPS) is 10.1. The summed E-state index contributed by atoms with van der Waals surface area (Å²) in [6.07, 6.45) is 0. The van der Waals surface area contributed by atoms with Gasteiger partial charge in [-0.2, -0.15) is 5.26 Å². The predicted molar refractivity (Wildman–Crippen MR) is 45.1 cm³/mol. The lowest BCUT2D eigenvalue weighted by molar-refractivity contribution is 0.507. The Morgan fingerprint density at radius 3 is 2.77 bits per heavy atom. The van der Waals surface area contributed by atoms with Crippen LogP contribution in [-0.4, -0.2) is 6.67 Å². The maximum Gasteiger partial charge on any atom is 0.127 e. The van der Waals surface area contributed by atoms with Crippen molar-refractivity contribution in [2.45, 2.75) is 6.92 Å². The van der Waals surface area contributed by atoms with E-state index in [1.54, 1.807) is 0 Å². The molecule has 0 amide bonds. The first-order chi connectivity index (χ1) is 6.19. The van der Waals surface area contributed by atoms with E-state index in [-0.39, 0.29) is 5.56 Å². The van der Waals surface area contributed by atoms with Gasteiger partial charge in [-0.15, -0.1) is 0 Å². The standard InChI is InChI=1S/C10H8F2N/c1-7(5-11)9-4-8(6-13)2-3-10(9)12/h2-4H,5H2,1H3. The van der Waals surface area contributed by atoms with Crippen LogP contribution >= 0.6 is 0 Å². The zero-order valence-corrected chi connectivity index (χ0v) is 7.14. The monoisotopic (exact) mass is 180 g/mol. The van der Waals surface area contributed by atoms with Gasteiger partial charge in [0.1, 0.15) is 5.82 Å². The minimum Gasteiger partial charge on any atom is -0.250 e. The summed E-state index contributed by atoms with van der Waals surface area (Å²) < 4.78 is 25.2. The Kier molecular flexibility index (Phi) is 2.97. The van der Waals surface area contributed by atoms with E-state index in [1.165, 1.54) is 25.1 Å². The fourth-order valence-corrected chi connectivity index (χ4v) is 0.994. The molecule has 0 atom stereocenters. The maximum atomic E-state index is 13.0. The Morgan fingerprint density at radius 1 is 1.54 bits per heavy atom. The molecule has 0 aliphatic rings. The summed E-state index contributed by atoms with van der Waals surface area (Å²) in [6, 6.07) is 5.76. The van der Waals surface area contributed by atoms with Gasteiger partial charge in [0.15, 0.2) is 0 Å². The van der Waals surface area contributed by atoms with Gasteiger partial charge in [-0.1, -0.05) is 6.92 Å². The Morgan fingerprint density at radius 2 is 2.23 bits per heavy atom. The summed E-state index contributed by atoms with van der Waals surface area (Å²) in [6.45, 7) is 0.797. The van der Waals surface area contributed by atoms with E-state index in [4.69, 9.17) is 5.26 Å². The number of benzene rings is 1. The molecule has 1 nitrogen and oxygen atoms in total. The van der Waals surface area contributed by atoms with E-state index >= 15 is 0 Å². The van der Waals surface area contributed by atoms with Crippen LogP contribution < -0.4 is 0 Å². The maximum absolute atomic E-state index is 13.0. The molecule has 1 radical (unpaired) electrons. The molecule has 3 heteroatoms. The fraction of sp³-hybridized carbons (Fsp3) is 0.200. The van der Waals surface area contributed by atoms with Crippen LogP contribution in [0.5, 0.6) is 0 Å². The molecule has 0 bridgehead atoms. The fourth-order valence-electron chi connectivity index (χ4n) is 0.994. The number of alkyl halides is 1. The highest BCUT2D eigenvalue weighted by atomic mass is 19.1. The first-order valence-electron chi connectivity index (χ1n) is 3.77. The number of nitriles is 1. The predicted octanol–water partition coefficient (Wildman–Crippen LogP) is 2.61. The van der Waals surface area contributed by atoms with Crippen LogP contribution in [0.4, 0.5) is 8.78 Å². The second-order valence-corrected chi connectivity index (χ2v) is 2.72. The first-order valence-corrected chi connectivity index (χ1v) is 3.77. The molecule has 0 heterocycles. The van der Waals surface area contributed by atoms with Crippen LogP contribution in [0.1, 0.15) is 18.1 Å². The van der Waals surface area contributed by atoms with E-state index < -0.39 is 12.5 Å². The summed E-state index contributed by atoms with van der Waals surface area (Å²) in [5.74, 6) is -0.191. The highest BCUT2D eigenvalue weighted by Gasteiger charge is 2.11. The largest absolute Gasteiger partial charge is 0.250 e. The molecule has 0 saturated heterocycles. The molecule has 0 unspecified atom stereocenters. The van der Waals surface area contributed by atoms with Crippen LogP contribution in [-0.2, 0) is 0 Å². The van der Waals surface area contributed by atoms with Gasteiger partial charge >= 0.3 is 0 Å². The highest BCUT2D eigenvalue weighted by Crippen LogP contribution is 2.19. The van der Waals surface area contributed by atoms with E-state index in [1.807, 2.05) is 6.07 Å². The molecular formula is C10H8F2N. The molecule has 0 aliphatic carbocycles. The molecule has 0 spiro atoms. The number of hydrogen-bond donors (Lipinski definition) is 0. The van der Waals surface area contributed by atoms with E-state index in [0.717, 1.165) is 0 Å². The van der Waals surface area contributed by atoms with E-state index in [9.17, 15) is 8.78 Å².